The zero-order valence-corrected chi connectivity index (χ0v) is 11.4. The second-order valence-corrected chi connectivity index (χ2v) is 4.91. The lowest BCUT2D eigenvalue weighted by Crippen LogP contribution is -2.12. The van der Waals surface area contributed by atoms with Gasteiger partial charge in [0.2, 0.25) is 0 Å². The molecule has 0 radical (unpaired) electrons. The van der Waals surface area contributed by atoms with E-state index in [0.717, 1.165) is 22.8 Å². The SMILES string of the molecule is Cc1cn(-c2ccc(CC(C)C(=O)O)cc2)c(C)n1. The van der Waals surface area contributed by atoms with Gasteiger partial charge in [0.15, 0.2) is 0 Å². The molecule has 0 spiro atoms. The number of aliphatic carboxylic acids is 1. The van der Waals surface area contributed by atoms with Crippen LogP contribution in [0.2, 0.25) is 0 Å². The Kier molecular flexibility index (Phi) is 3.69. The normalized spacial score (nSPS) is 12.4. The van der Waals surface area contributed by atoms with Gasteiger partial charge in [-0.05, 0) is 38.0 Å². The fourth-order valence-electron chi connectivity index (χ4n) is 2.11. The highest BCUT2D eigenvalue weighted by Crippen LogP contribution is 2.15. The number of aryl methyl sites for hydroxylation is 2. The van der Waals surface area contributed by atoms with Crippen molar-refractivity contribution in [3.63, 3.8) is 0 Å². The van der Waals surface area contributed by atoms with Gasteiger partial charge in [-0.2, -0.15) is 0 Å². The Morgan fingerprint density at radius 2 is 1.95 bits per heavy atom. The molecule has 0 amide bonds. The second-order valence-electron chi connectivity index (χ2n) is 4.91. The molecule has 0 saturated heterocycles. The molecule has 0 aliphatic heterocycles. The Morgan fingerprint density at radius 3 is 2.42 bits per heavy atom. The Balaban J connectivity index is 2.19. The number of rotatable bonds is 4. The zero-order chi connectivity index (χ0) is 14.0. The summed E-state index contributed by atoms with van der Waals surface area (Å²) in [5, 5.41) is 8.90. The average molecular weight is 258 g/mol. The maximum absolute atomic E-state index is 10.8. The Bertz CT molecular complexity index is 585. The van der Waals surface area contributed by atoms with Crippen LogP contribution in [-0.2, 0) is 11.2 Å². The van der Waals surface area contributed by atoms with E-state index in [9.17, 15) is 4.79 Å². The van der Waals surface area contributed by atoms with Gasteiger partial charge in [-0.3, -0.25) is 4.79 Å². The summed E-state index contributed by atoms with van der Waals surface area (Å²) < 4.78 is 2.03. The van der Waals surface area contributed by atoms with E-state index in [1.807, 2.05) is 48.9 Å². The third kappa shape index (κ3) is 3.02. The Labute approximate surface area is 112 Å². The lowest BCUT2D eigenvalue weighted by atomic mass is 10.0. The van der Waals surface area contributed by atoms with E-state index in [4.69, 9.17) is 5.11 Å². The highest BCUT2D eigenvalue weighted by Gasteiger charge is 2.11. The minimum absolute atomic E-state index is 0.358. The second kappa shape index (κ2) is 5.26. The molecule has 4 heteroatoms. The van der Waals surface area contributed by atoms with Crippen LogP contribution in [0.4, 0.5) is 0 Å². The number of hydrogen-bond acceptors (Lipinski definition) is 2. The first-order chi connectivity index (χ1) is 8.97. The zero-order valence-electron chi connectivity index (χ0n) is 11.4. The average Bonchev–Trinajstić information content (AvgIpc) is 2.69. The van der Waals surface area contributed by atoms with Crippen molar-refractivity contribution in [2.24, 2.45) is 5.92 Å². The summed E-state index contributed by atoms with van der Waals surface area (Å²) in [7, 11) is 0. The predicted molar refractivity (Wildman–Crippen MR) is 73.5 cm³/mol. The van der Waals surface area contributed by atoms with Crippen molar-refractivity contribution >= 4 is 5.97 Å². The maximum atomic E-state index is 10.8. The number of nitrogens with zero attached hydrogens (tertiary/aromatic N) is 2. The lowest BCUT2D eigenvalue weighted by Gasteiger charge is -2.08. The minimum atomic E-state index is -0.759. The van der Waals surface area contributed by atoms with E-state index in [-0.39, 0.29) is 5.92 Å². The van der Waals surface area contributed by atoms with Gasteiger partial charge < -0.3 is 9.67 Å². The fraction of sp³-hybridized carbons (Fsp3) is 0.333. The first-order valence-corrected chi connectivity index (χ1v) is 6.32. The molecule has 100 valence electrons. The molecule has 1 unspecified atom stereocenters. The van der Waals surface area contributed by atoms with E-state index in [1.54, 1.807) is 6.92 Å². The monoisotopic (exact) mass is 258 g/mol. The third-order valence-electron chi connectivity index (χ3n) is 3.18. The van der Waals surface area contributed by atoms with Gasteiger partial charge in [-0.15, -0.1) is 0 Å². The van der Waals surface area contributed by atoms with E-state index in [2.05, 4.69) is 4.98 Å². The lowest BCUT2D eigenvalue weighted by molar-refractivity contribution is -0.141. The quantitative estimate of drug-likeness (QED) is 0.917. The molecule has 0 saturated carbocycles. The number of carboxylic acid groups (broad SMARTS) is 1. The molecule has 0 aliphatic rings. The summed E-state index contributed by atoms with van der Waals surface area (Å²) in [5.41, 5.74) is 3.07. The molecule has 4 nitrogen and oxygen atoms in total. The van der Waals surface area contributed by atoms with Crippen molar-refractivity contribution in [2.75, 3.05) is 0 Å². The van der Waals surface area contributed by atoms with E-state index in [1.165, 1.54) is 0 Å². The Hall–Kier alpha value is -2.10. The highest BCUT2D eigenvalue weighted by atomic mass is 16.4. The van der Waals surface area contributed by atoms with Crippen molar-refractivity contribution in [1.82, 2.24) is 9.55 Å². The van der Waals surface area contributed by atoms with Crippen LogP contribution in [0.15, 0.2) is 30.5 Å². The molecule has 1 N–H and O–H groups in total. The summed E-state index contributed by atoms with van der Waals surface area (Å²) in [5.74, 6) is -0.169. The molecular weight excluding hydrogens is 240 g/mol. The van der Waals surface area contributed by atoms with Crippen LogP contribution in [-0.4, -0.2) is 20.6 Å². The summed E-state index contributed by atoms with van der Waals surface area (Å²) in [6.45, 7) is 5.65. The first-order valence-electron chi connectivity index (χ1n) is 6.32. The van der Waals surface area contributed by atoms with Crippen LogP contribution in [0.1, 0.15) is 24.0 Å². The maximum Gasteiger partial charge on any atom is 0.306 e. The van der Waals surface area contributed by atoms with Crippen molar-refractivity contribution in [2.45, 2.75) is 27.2 Å². The third-order valence-corrected chi connectivity index (χ3v) is 3.18. The van der Waals surface area contributed by atoms with E-state index < -0.39 is 5.97 Å². The number of benzene rings is 1. The predicted octanol–water partition coefficient (Wildman–Crippen LogP) is 2.75. The van der Waals surface area contributed by atoms with Gasteiger partial charge in [0, 0.05) is 11.9 Å². The van der Waals surface area contributed by atoms with Crippen LogP contribution in [0, 0.1) is 19.8 Å². The molecule has 1 aromatic heterocycles. The van der Waals surface area contributed by atoms with Crippen LogP contribution < -0.4 is 0 Å². The summed E-state index contributed by atoms with van der Waals surface area (Å²) in [6, 6.07) is 7.95. The topological polar surface area (TPSA) is 55.1 Å². The van der Waals surface area contributed by atoms with Crippen LogP contribution in [0.5, 0.6) is 0 Å². The molecule has 1 heterocycles. The van der Waals surface area contributed by atoms with Crippen molar-refractivity contribution in [1.29, 1.82) is 0 Å². The first kappa shape index (κ1) is 13.3. The molecule has 0 aliphatic carbocycles. The van der Waals surface area contributed by atoms with Crippen LogP contribution in [0.25, 0.3) is 5.69 Å². The number of carbonyl (C=O) groups is 1. The summed E-state index contributed by atoms with van der Waals surface area (Å²) in [6.07, 6.45) is 2.54. The van der Waals surface area contributed by atoms with Gasteiger partial charge in [-0.1, -0.05) is 19.1 Å². The molecular formula is C15H18N2O2. The molecule has 0 bridgehead atoms. The molecule has 0 fully saturated rings. The van der Waals surface area contributed by atoms with Gasteiger partial charge in [-0.25, -0.2) is 4.98 Å². The summed E-state index contributed by atoms with van der Waals surface area (Å²) >= 11 is 0. The standard InChI is InChI=1S/C15H18N2O2/c1-10(15(18)19)8-13-4-6-14(7-5-13)17-9-11(2)16-12(17)3/h4-7,9-10H,8H2,1-3H3,(H,18,19). The molecule has 2 aromatic rings. The van der Waals surface area contributed by atoms with Crippen molar-refractivity contribution in [3.05, 3.63) is 47.5 Å². The van der Waals surface area contributed by atoms with Crippen molar-refractivity contribution < 1.29 is 9.90 Å². The highest BCUT2D eigenvalue weighted by molar-refractivity contribution is 5.69. The van der Waals surface area contributed by atoms with Crippen LogP contribution >= 0.6 is 0 Å². The molecule has 2 rings (SSSR count). The molecule has 19 heavy (non-hydrogen) atoms. The summed E-state index contributed by atoms with van der Waals surface area (Å²) in [4.78, 5) is 15.2. The van der Waals surface area contributed by atoms with Crippen LogP contribution in [0.3, 0.4) is 0 Å². The number of imidazole rings is 1. The van der Waals surface area contributed by atoms with Gasteiger partial charge in [0.05, 0.1) is 11.6 Å². The number of aromatic nitrogens is 2. The van der Waals surface area contributed by atoms with Gasteiger partial charge >= 0.3 is 5.97 Å². The van der Waals surface area contributed by atoms with Gasteiger partial charge in [0.1, 0.15) is 5.82 Å². The molecule has 1 atom stereocenters. The minimum Gasteiger partial charge on any atom is -0.481 e. The molecule has 1 aromatic carbocycles. The van der Waals surface area contributed by atoms with E-state index >= 15 is 0 Å². The van der Waals surface area contributed by atoms with E-state index in [0.29, 0.717) is 6.42 Å². The Morgan fingerprint density at radius 1 is 1.32 bits per heavy atom. The number of carboxylic acids is 1. The largest absolute Gasteiger partial charge is 0.481 e. The van der Waals surface area contributed by atoms with Crippen molar-refractivity contribution in [3.8, 4) is 5.69 Å². The van der Waals surface area contributed by atoms with Gasteiger partial charge in [0.25, 0.3) is 0 Å². The fourth-order valence-corrected chi connectivity index (χ4v) is 2.11. The number of hydrogen-bond donors (Lipinski definition) is 1. The smallest absolute Gasteiger partial charge is 0.306 e.